The van der Waals surface area contributed by atoms with Crippen molar-refractivity contribution >= 4 is 11.7 Å². The number of rotatable bonds is 10. The van der Waals surface area contributed by atoms with Crippen LogP contribution in [0.25, 0.3) is 11.1 Å². The number of anilines is 1. The average Bonchev–Trinajstić information content (AvgIpc) is 2.67. The van der Waals surface area contributed by atoms with Gasteiger partial charge in [-0.2, -0.15) is 0 Å². The molecule has 0 saturated carbocycles. The molecule has 146 valence electrons. The van der Waals surface area contributed by atoms with E-state index < -0.39 is 0 Å². The third kappa shape index (κ3) is 7.83. The molecule has 1 unspecified atom stereocenters. The summed E-state index contributed by atoms with van der Waals surface area (Å²) in [6.45, 7) is 7.86. The minimum absolute atomic E-state index is 0.184. The van der Waals surface area contributed by atoms with Crippen molar-refractivity contribution in [3.05, 3.63) is 54.6 Å². The molecule has 2 aromatic carbocycles. The zero-order valence-corrected chi connectivity index (χ0v) is 16.7. The monoisotopic (exact) mass is 368 g/mol. The van der Waals surface area contributed by atoms with Gasteiger partial charge in [0.25, 0.3) is 0 Å². The lowest BCUT2D eigenvalue weighted by molar-refractivity contribution is 0.0358. The zero-order chi connectivity index (χ0) is 19.5. The first-order chi connectivity index (χ1) is 13.1. The molecular weight excluding hydrogens is 336 g/mol. The highest BCUT2D eigenvalue weighted by Crippen LogP contribution is 2.20. The summed E-state index contributed by atoms with van der Waals surface area (Å²) in [6, 6.07) is 17.9. The first kappa shape index (κ1) is 21.0. The van der Waals surface area contributed by atoms with Crippen LogP contribution in [-0.2, 0) is 4.74 Å². The van der Waals surface area contributed by atoms with E-state index in [1.165, 1.54) is 0 Å². The van der Waals surface area contributed by atoms with Crippen molar-refractivity contribution in [2.75, 3.05) is 18.5 Å². The fourth-order valence-corrected chi connectivity index (χ4v) is 2.95. The normalized spacial score (nSPS) is 12.0. The first-order valence-electron chi connectivity index (χ1n) is 9.90. The molecule has 0 aromatic heterocycles. The fraction of sp³-hybridized carbons (Fsp3) is 0.435. The van der Waals surface area contributed by atoms with Gasteiger partial charge >= 0.3 is 6.03 Å². The second kappa shape index (κ2) is 11.4. The smallest absolute Gasteiger partial charge is 0.319 e. The predicted molar refractivity (Wildman–Crippen MR) is 113 cm³/mol. The van der Waals surface area contributed by atoms with E-state index in [9.17, 15) is 4.79 Å². The van der Waals surface area contributed by atoms with Crippen molar-refractivity contribution in [1.82, 2.24) is 5.32 Å². The number of nitrogens with one attached hydrogen (secondary N) is 2. The standard InChI is InChI=1S/C23H32N2O2/c1-4-22(17-18(2)3)27-16-8-15-24-23(26)25-21-13-11-20(12-14-21)19-9-6-5-7-10-19/h5-7,9-14,18,22H,4,8,15-17H2,1-3H3,(H2,24,25,26). The van der Waals surface area contributed by atoms with Gasteiger partial charge in [-0.15, -0.1) is 0 Å². The zero-order valence-electron chi connectivity index (χ0n) is 16.7. The number of urea groups is 1. The topological polar surface area (TPSA) is 50.4 Å². The lowest BCUT2D eigenvalue weighted by Gasteiger charge is -2.18. The molecule has 0 spiro atoms. The molecule has 2 rings (SSSR count). The Kier molecular flexibility index (Phi) is 8.85. The summed E-state index contributed by atoms with van der Waals surface area (Å²) in [5, 5.41) is 5.75. The van der Waals surface area contributed by atoms with E-state index >= 15 is 0 Å². The summed E-state index contributed by atoms with van der Waals surface area (Å²) >= 11 is 0. The SMILES string of the molecule is CCC(CC(C)C)OCCCNC(=O)Nc1ccc(-c2ccccc2)cc1. The van der Waals surface area contributed by atoms with Gasteiger partial charge in [-0.05, 0) is 48.4 Å². The maximum atomic E-state index is 12.0. The number of hydrogen-bond donors (Lipinski definition) is 2. The van der Waals surface area contributed by atoms with Crippen LogP contribution < -0.4 is 10.6 Å². The number of carbonyl (C=O) groups excluding carboxylic acids is 1. The summed E-state index contributed by atoms with van der Waals surface area (Å²) in [6.07, 6.45) is 3.26. The molecule has 4 nitrogen and oxygen atoms in total. The molecular formula is C23H32N2O2. The molecule has 2 aromatic rings. The fourth-order valence-electron chi connectivity index (χ4n) is 2.95. The van der Waals surface area contributed by atoms with E-state index in [4.69, 9.17) is 4.74 Å². The van der Waals surface area contributed by atoms with Crippen LogP contribution in [0.5, 0.6) is 0 Å². The minimum atomic E-state index is -0.184. The molecule has 0 heterocycles. The van der Waals surface area contributed by atoms with Crippen LogP contribution in [0, 0.1) is 5.92 Å². The van der Waals surface area contributed by atoms with Crippen molar-refractivity contribution in [3.8, 4) is 11.1 Å². The van der Waals surface area contributed by atoms with Gasteiger partial charge in [-0.1, -0.05) is 63.2 Å². The molecule has 2 amide bonds. The van der Waals surface area contributed by atoms with Crippen molar-refractivity contribution < 1.29 is 9.53 Å². The highest BCUT2D eigenvalue weighted by molar-refractivity contribution is 5.89. The predicted octanol–water partition coefficient (Wildman–Crippen LogP) is 5.71. The molecule has 27 heavy (non-hydrogen) atoms. The van der Waals surface area contributed by atoms with E-state index in [1.54, 1.807) is 0 Å². The first-order valence-corrected chi connectivity index (χ1v) is 9.90. The summed E-state index contributed by atoms with van der Waals surface area (Å²) in [5.41, 5.74) is 3.08. The van der Waals surface area contributed by atoms with E-state index in [0.717, 1.165) is 36.1 Å². The van der Waals surface area contributed by atoms with E-state index in [-0.39, 0.29) is 6.03 Å². The number of hydrogen-bond acceptors (Lipinski definition) is 2. The van der Waals surface area contributed by atoms with Gasteiger partial charge in [0.2, 0.25) is 0 Å². The molecule has 0 saturated heterocycles. The van der Waals surface area contributed by atoms with Crippen LogP contribution >= 0.6 is 0 Å². The number of amides is 2. The van der Waals surface area contributed by atoms with Crippen LogP contribution in [0.3, 0.4) is 0 Å². The van der Waals surface area contributed by atoms with Crippen LogP contribution in [-0.4, -0.2) is 25.3 Å². The quantitative estimate of drug-likeness (QED) is 0.528. The van der Waals surface area contributed by atoms with E-state index in [1.807, 2.05) is 42.5 Å². The van der Waals surface area contributed by atoms with Gasteiger partial charge in [-0.3, -0.25) is 0 Å². The average molecular weight is 369 g/mol. The summed E-state index contributed by atoms with van der Waals surface area (Å²) in [7, 11) is 0. The Hall–Kier alpha value is -2.33. The summed E-state index contributed by atoms with van der Waals surface area (Å²) in [4.78, 5) is 12.0. The van der Waals surface area contributed by atoms with Gasteiger partial charge in [-0.25, -0.2) is 4.79 Å². The molecule has 0 aliphatic carbocycles. The molecule has 0 bridgehead atoms. The maximum Gasteiger partial charge on any atom is 0.319 e. The molecule has 4 heteroatoms. The second-order valence-electron chi connectivity index (χ2n) is 7.21. The third-order valence-electron chi connectivity index (χ3n) is 4.40. The van der Waals surface area contributed by atoms with E-state index in [0.29, 0.717) is 25.2 Å². The molecule has 0 radical (unpaired) electrons. The van der Waals surface area contributed by atoms with E-state index in [2.05, 4.69) is 43.5 Å². The van der Waals surface area contributed by atoms with Crippen molar-refractivity contribution in [2.24, 2.45) is 5.92 Å². The number of ether oxygens (including phenoxy) is 1. The van der Waals surface area contributed by atoms with Crippen molar-refractivity contribution in [2.45, 2.75) is 46.1 Å². The van der Waals surface area contributed by atoms with Crippen molar-refractivity contribution in [1.29, 1.82) is 0 Å². The van der Waals surface area contributed by atoms with Crippen LogP contribution in [0.4, 0.5) is 10.5 Å². The lowest BCUT2D eigenvalue weighted by atomic mass is 10.0. The molecule has 0 aliphatic heterocycles. The van der Waals surface area contributed by atoms with Crippen molar-refractivity contribution in [3.63, 3.8) is 0 Å². The second-order valence-corrected chi connectivity index (χ2v) is 7.21. The Labute approximate surface area is 163 Å². The Morgan fingerprint density at radius 3 is 2.30 bits per heavy atom. The molecule has 0 fully saturated rings. The largest absolute Gasteiger partial charge is 0.378 e. The number of benzene rings is 2. The Bertz CT molecular complexity index is 669. The summed E-state index contributed by atoms with van der Waals surface area (Å²) in [5.74, 6) is 0.645. The Morgan fingerprint density at radius 1 is 1.00 bits per heavy atom. The van der Waals surface area contributed by atoms with Gasteiger partial charge in [0.05, 0.1) is 6.10 Å². The van der Waals surface area contributed by atoms with Gasteiger partial charge < -0.3 is 15.4 Å². The van der Waals surface area contributed by atoms with Gasteiger partial charge in [0.15, 0.2) is 0 Å². The van der Waals surface area contributed by atoms with Crippen LogP contribution in [0.15, 0.2) is 54.6 Å². The minimum Gasteiger partial charge on any atom is -0.378 e. The third-order valence-corrected chi connectivity index (χ3v) is 4.40. The van der Waals surface area contributed by atoms with Crippen LogP contribution in [0.1, 0.15) is 40.0 Å². The van der Waals surface area contributed by atoms with Gasteiger partial charge in [0, 0.05) is 18.8 Å². The molecule has 1 atom stereocenters. The highest BCUT2D eigenvalue weighted by atomic mass is 16.5. The maximum absolute atomic E-state index is 12.0. The summed E-state index contributed by atoms with van der Waals surface area (Å²) < 4.78 is 5.89. The Balaban J connectivity index is 1.67. The Morgan fingerprint density at radius 2 is 1.67 bits per heavy atom. The molecule has 2 N–H and O–H groups in total. The number of carbonyl (C=O) groups is 1. The van der Waals surface area contributed by atoms with Crippen LogP contribution in [0.2, 0.25) is 0 Å². The lowest BCUT2D eigenvalue weighted by Crippen LogP contribution is -2.30. The highest BCUT2D eigenvalue weighted by Gasteiger charge is 2.09. The molecule has 0 aliphatic rings. The van der Waals surface area contributed by atoms with Gasteiger partial charge in [0.1, 0.15) is 0 Å².